The van der Waals surface area contributed by atoms with E-state index >= 15 is 0 Å². The Labute approximate surface area is 116 Å². The molecule has 0 unspecified atom stereocenters. The van der Waals surface area contributed by atoms with Crippen LogP contribution in [0.25, 0.3) is 0 Å². The molecule has 0 saturated carbocycles. The van der Waals surface area contributed by atoms with Gasteiger partial charge in [0.25, 0.3) is 0 Å². The van der Waals surface area contributed by atoms with Gasteiger partial charge in [0.05, 0.1) is 0 Å². The van der Waals surface area contributed by atoms with E-state index in [1.54, 1.807) is 6.92 Å². The second-order valence-corrected chi connectivity index (χ2v) is 3.42. The third-order valence-electron chi connectivity index (χ3n) is 2.41. The third-order valence-corrected chi connectivity index (χ3v) is 2.41. The molecule has 16 heavy (non-hydrogen) atoms. The topological polar surface area (TPSA) is 75.3 Å². The normalized spacial score (nSPS) is 17.9. The first kappa shape index (κ1) is 15.1. The third kappa shape index (κ3) is 2.26. The molecule has 1 aliphatic rings. The number of rotatable bonds is 3. The first-order valence-electron chi connectivity index (χ1n) is 4.39. The van der Waals surface area contributed by atoms with Gasteiger partial charge in [0, 0.05) is 0 Å². The molecule has 0 atom stereocenters. The molecule has 80 valence electrons. The molecule has 0 radical (unpaired) electrons. The molecule has 0 aromatic carbocycles. The molecule has 1 aliphatic heterocycles. The van der Waals surface area contributed by atoms with Crippen molar-refractivity contribution in [3.05, 3.63) is 24.8 Å². The maximum Gasteiger partial charge on any atom is 1.00 e. The summed E-state index contributed by atoms with van der Waals surface area (Å²) in [4.78, 5) is 34.2. The van der Waals surface area contributed by atoms with Crippen LogP contribution in [-0.4, -0.2) is 17.8 Å². The summed E-state index contributed by atoms with van der Waals surface area (Å²) >= 11 is 0. The van der Waals surface area contributed by atoms with E-state index in [0.29, 0.717) is 5.57 Å². The van der Waals surface area contributed by atoms with Crippen molar-refractivity contribution < 1.29 is 43.9 Å². The van der Waals surface area contributed by atoms with Crippen molar-refractivity contribution in [1.82, 2.24) is 10.6 Å². The van der Waals surface area contributed by atoms with Crippen molar-refractivity contribution in [2.75, 3.05) is 0 Å². The summed E-state index contributed by atoms with van der Waals surface area (Å²) in [6.07, 6.45) is 1.57. The quantitative estimate of drug-likeness (QED) is 0.320. The number of imide groups is 2. The Hall–Kier alpha value is -0.910. The van der Waals surface area contributed by atoms with Gasteiger partial charge in [0.2, 0.25) is 11.8 Å². The van der Waals surface area contributed by atoms with Crippen LogP contribution in [0, 0.1) is 5.41 Å². The molecule has 1 saturated heterocycles. The minimum absolute atomic E-state index is 0. The number of carbonyl (C=O) groups excluding carboxylic acids is 3. The zero-order valence-electron chi connectivity index (χ0n) is 9.42. The van der Waals surface area contributed by atoms with Crippen molar-refractivity contribution in [2.24, 2.45) is 5.41 Å². The van der Waals surface area contributed by atoms with Crippen LogP contribution in [0.1, 0.15) is 13.3 Å². The maximum atomic E-state index is 11.7. The fourth-order valence-electron chi connectivity index (χ4n) is 1.52. The average Bonchev–Trinajstić information content (AvgIpc) is 2.10. The van der Waals surface area contributed by atoms with E-state index in [0.717, 1.165) is 0 Å². The second kappa shape index (κ2) is 5.43. The van der Waals surface area contributed by atoms with Crippen molar-refractivity contribution in [3.8, 4) is 0 Å². The summed E-state index contributed by atoms with van der Waals surface area (Å²) in [6, 6.07) is -0.800. The van der Waals surface area contributed by atoms with Gasteiger partial charge in [-0.05, 0) is 13.3 Å². The second-order valence-electron chi connectivity index (χ2n) is 3.42. The molecular formula is C10H12N2NaO3+. The molecule has 1 heterocycles. The number of nitrogens with one attached hydrogen (secondary N) is 2. The summed E-state index contributed by atoms with van der Waals surface area (Å²) in [6.45, 7) is 8.67. The van der Waals surface area contributed by atoms with Crippen LogP contribution in [0.3, 0.4) is 0 Å². The minimum atomic E-state index is -1.41. The number of carbonyl (C=O) groups is 3. The predicted molar refractivity (Wildman–Crippen MR) is 53.7 cm³/mol. The summed E-state index contributed by atoms with van der Waals surface area (Å²) in [7, 11) is 0. The fraction of sp³-hybridized carbons (Fsp3) is 0.300. The number of amides is 4. The van der Waals surface area contributed by atoms with E-state index in [2.05, 4.69) is 13.2 Å². The van der Waals surface area contributed by atoms with Crippen molar-refractivity contribution in [3.63, 3.8) is 0 Å². The standard InChI is InChI=1S/C10H12N2O3.Na/c1-4-5-10(6(2)3)7(13)11-9(15)12-8(10)14;/h4H,1-2,5H2,3H3,(H2,11,12,13,14,15);/q;+1. The van der Waals surface area contributed by atoms with Crippen LogP contribution >= 0.6 is 0 Å². The van der Waals surface area contributed by atoms with E-state index in [4.69, 9.17) is 0 Å². The molecule has 1 rings (SSSR count). The Morgan fingerprint density at radius 2 is 1.75 bits per heavy atom. The van der Waals surface area contributed by atoms with Gasteiger partial charge in [-0.15, -0.1) is 6.58 Å². The van der Waals surface area contributed by atoms with Crippen LogP contribution in [-0.2, 0) is 9.59 Å². The Bertz CT molecular complexity index is 356. The van der Waals surface area contributed by atoms with Crippen LogP contribution < -0.4 is 40.2 Å². The zero-order chi connectivity index (χ0) is 11.6. The molecule has 5 nitrogen and oxygen atoms in total. The number of hydrogen-bond acceptors (Lipinski definition) is 3. The molecular weight excluding hydrogens is 219 g/mol. The summed E-state index contributed by atoms with van der Waals surface area (Å²) in [5, 5.41) is 4.10. The van der Waals surface area contributed by atoms with E-state index < -0.39 is 23.3 Å². The predicted octanol–water partition coefficient (Wildman–Crippen LogP) is -2.50. The summed E-state index contributed by atoms with van der Waals surface area (Å²) < 4.78 is 0. The van der Waals surface area contributed by atoms with Crippen LogP contribution in [0.15, 0.2) is 24.8 Å². The van der Waals surface area contributed by atoms with E-state index in [1.807, 2.05) is 10.6 Å². The minimum Gasteiger partial charge on any atom is -0.277 e. The van der Waals surface area contributed by atoms with Gasteiger partial charge in [-0.2, -0.15) is 0 Å². The number of urea groups is 1. The van der Waals surface area contributed by atoms with Gasteiger partial charge >= 0.3 is 35.6 Å². The van der Waals surface area contributed by atoms with Crippen molar-refractivity contribution in [1.29, 1.82) is 0 Å². The van der Waals surface area contributed by atoms with Gasteiger partial charge < -0.3 is 0 Å². The van der Waals surface area contributed by atoms with E-state index in [-0.39, 0.29) is 36.0 Å². The summed E-state index contributed by atoms with van der Waals surface area (Å²) in [5.41, 5.74) is -1.03. The fourth-order valence-corrected chi connectivity index (χ4v) is 1.52. The van der Waals surface area contributed by atoms with Crippen molar-refractivity contribution >= 4 is 17.8 Å². The Morgan fingerprint density at radius 1 is 1.31 bits per heavy atom. The Balaban J connectivity index is 0.00000225. The van der Waals surface area contributed by atoms with Gasteiger partial charge in [-0.25, -0.2) is 4.79 Å². The largest absolute Gasteiger partial charge is 1.00 e. The molecule has 1 fully saturated rings. The van der Waals surface area contributed by atoms with Crippen LogP contribution in [0.2, 0.25) is 0 Å². The first-order chi connectivity index (χ1) is 6.95. The van der Waals surface area contributed by atoms with Gasteiger partial charge in [-0.1, -0.05) is 18.2 Å². The number of barbiturate groups is 1. The van der Waals surface area contributed by atoms with Crippen LogP contribution in [0.4, 0.5) is 4.79 Å². The molecule has 0 aromatic rings. The zero-order valence-corrected chi connectivity index (χ0v) is 11.4. The number of allylic oxidation sites excluding steroid dienone is 1. The smallest absolute Gasteiger partial charge is 0.277 e. The van der Waals surface area contributed by atoms with Gasteiger partial charge in [-0.3, -0.25) is 20.2 Å². The Morgan fingerprint density at radius 3 is 2.06 bits per heavy atom. The van der Waals surface area contributed by atoms with Gasteiger partial charge in [0.15, 0.2) is 5.41 Å². The van der Waals surface area contributed by atoms with Gasteiger partial charge in [0.1, 0.15) is 0 Å². The Kier molecular flexibility index (Phi) is 5.12. The van der Waals surface area contributed by atoms with E-state index in [1.165, 1.54) is 6.08 Å². The maximum absolute atomic E-state index is 11.7. The summed E-state index contributed by atoms with van der Waals surface area (Å²) in [5.74, 6) is -1.30. The van der Waals surface area contributed by atoms with Crippen molar-refractivity contribution in [2.45, 2.75) is 13.3 Å². The van der Waals surface area contributed by atoms with E-state index in [9.17, 15) is 14.4 Å². The number of hydrogen-bond donors (Lipinski definition) is 2. The SMILES string of the molecule is C=CCC1(C(=C)C)C(=O)NC(=O)NC1=O.[Na+]. The average molecular weight is 231 g/mol. The molecule has 0 bridgehead atoms. The molecule has 4 amide bonds. The van der Waals surface area contributed by atoms with Crippen LogP contribution in [0.5, 0.6) is 0 Å². The first-order valence-corrected chi connectivity index (χ1v) is 4.39. The molecule has 6 heteroatoms. The molecule has 0 aromatic heterocycles. The monoisotopic (exact) mass is 231 g/mol. The molecule has 2 N–H and O–H groups in total. The molecule has 0 spiro atoms. The molecule has 0 aliphatic carbocycles.